The third-order valence-corrected chi connectivity index (χ3v) is 3.47. The van der Waals surface area contributed by atoms with Gasteiger partial charge in [-0.25, -0.2) is 4.39 Å². The molecule has 0 heterocycles. The molecule has 0 radical (unpaired) electrons. The van der Waals surface area contributed by atoms with Gasteiger partial charge in [0.05, 0.1) is 18.7 Å². The molecule has 0 saturated heterocycles. The minimum absolute atomic E-state index is 0.291. The van der Waals surface area contributed by atoms with E-state index in [2.05, 4.69) is 11.8 Å². The maximum atomic E-state index is 13.3. The first kappa shape index (κ1) is 13.9. The predicted molar refractivity (Wildman–Crippen MR) is 74.4 cm³/mol. The molecule has 2 N–H and O–H groups in total. The van der Waals surface area contributed by atoms with Crippen LogP contribution in [0.15, 0.2) is 18.2 Å². The van der Waals surface area contributed by atoms with Gasteiger partial charge >= 0.3 is 0 Å². The lowest BCUT2D eigenvalue weighted by atomic mass is 9.90. The van der Waals surface area contributed by atoms with Crippen LogP contribution in [0.1, 0.15) is 37.7 Å². The largest absolute Gasteiger partial charge is 0.492 e. The smallest absolute Gasteiger partial charge is 0.137 e. The molecule has 0 atom stereocenters. The van der Waals surface area contributed by atoms with Gasteiger partial charge in [0.25, 0.3) is 0 Å². The summed E-state index contributed by atoms with van der Waals surface area (Å²) in [6.07, 6.45) is 6.29. The standard InChI is InChI=1S/C16H20FNO/c17-15-9-8-14(7-4-10-18)16(11-15)19-12-13-5-2-1-3-6-13/h8-9,11,13H,1-3,5-6,10,12,18H2. The van der Waals surface area contributed by atoms with Crippen LogP contribution in [-0.4, -0.2) is 13.2 Å². The lowest BCUT2D eigenvalue weighted by Crippen LogP contribution is -2.15. The van der Waals surface area contributed by atoms with Gasteiger partial charge in [-0.15, -0.1) is 0 Å². The van der Waals surface area contributed by atoms with Crippen LogP contribution in [0.5, 0.6) is 5.75 Å². The van der Waals surface area contributed by atoms with E-state index in [1.165, 1.54) is 44.2 Å². The number of rotatable bonds is 3. The zero-order valence-corrected chi connectivity index (χ0v) is 11.1. The summed E-state index contributed by atoms with van der Waals surface area (Å²) in [5.74, 6) is 6.53. The van der Waals surface area contributed by atoms with E-state index in [0.29, 0.717) is 30.4 Å². The molecule has 0 aromatic heterocycles. The molecule has 0 unspecified atom stereocenters. The van der Waals surface area contributed by atoms with Gasteiger partial charge in [0.15, 0.2) is 0 Å². The van der Waals surface area contributed by atoms with Crippen molar-refractivity contribution in [2.24, 2.45) is 11.7 Å². The molecule has 0 aliphatic heterocycles. The summed E-state index contributed by atoms with van der Waals surface area (Å²) in [5.41, 5.74) is 6.07. The van der Waals surface area contributed by atoms with Crippen LogP contribution in [0.3, 0.4) is 0 Å². The topological polar surface area (TPSA) is 35.2 Å². The third kappa shape index (κ3) is 4.25. The maximum Gasteiger partial charge on any atom is 0.137 e. The number of ether oxygens (including phenoxy) is 1. The Bertz CT molecular complexity index is 469. The molecule has 1 aromatic rings. The zero-order chi connectivity index (χ0) is 13.5. The van der Waals surface area contributed by atoms with Crippen molar-refractivity contribution in [3.8, 4) is 17.6 Å². The Kier molecular flexibility index (Phi) is 5.23. The van der Waals surface area contributed by atoms with Crippen molar-refractivity contribution in [1.82, 2.24) is 0 Å². The Hall–Kier alpha value is -1.53. The Morgan fingerprint density at radius 3 is 2.79 bits per heavy atom. The maximum absolute atomic E-state index is 13.3. The van der Waals surface area contributed by atoms with Gasteiger partial charge in [-0.05, 0) is 30.9 Å². The first-order valence-corrected chi connectivity index (χ1v) is 6.91. The van der Waals surface area contributed by atoms with Crippen molar-refractivity contribution < 1.29 is 9.13 Å². The Labute approximate surface area is 114 Å². The molecule has 0 spiro atoms. The van der Waals surface area contributed by atoms with Gasteiger partial charge < -0.3 is 10.5 Å². The molecule has 2 nitrogen and oxygen atoms in total. The third-order valence-electron chi connectivity index (χ3n) is 3.47. The molecule has 0 bridgehead atoms. The monoisotopic (exact) mass is 261 g/mol. The Morgan fingerprint density at radius 2 is 2.05 bits per heavy atom. The first-order chi connectivity index (χ1) is 9.29. The average Bonchev–Trinajstić information content (AvgIpc) is 2.45. The van der Waals surface area contributed by atoms with E-state index < -0.39 is 0 Å². The van der Waals surface area contributed by atoms with E-state index in [9.17, 15) is 4.39 Å². The van der Waals surface area contributed by atoms with Gasteiger partial charge in [0, 0.05) is 6.07 Å². The summed E-state index contributed by atoms with van der Waals surface area (Å²) in [6.45, 7) is 0.945. The summed E-state index contributed by atoms with van der Waals surface area (Å²) < 4.78 is 19.1. The second-order valence-electron chi connectivity index (χ2n) is 4.96. The quantitative estimate of drug-likeness (QED) is 0.849. The van der Waals surface area contributed by atoms with Crippen molar-refractivity contribution in [2.75, 3.05) is 13.2 Å². The van der Waals surface area contributed by atoms with E-state index in [4.69, 9.17) is 10.5 Å². The molecule has 1 aliphatic rings. The number of hydrogen-bond donors (Lipinski definition) is 1. The highest BCUT2D eigenvalue weighted by molar-refractivity contribution is 5.46. The molecule has 19 heavy (non-hydrogen) atoms. The van der Waals surface area contributed by atoms with Crippen molar-refractivity contribution in [2.45, 2.75) is 32.1 Å². The normalized spacial score (nSPS) is 15.7. The van der Waals surface area contributed by atoms with Crippen LogP contribution in [0.25, 0.3) is 0 Å². The Morgan fingerprint density at radius 1 is 1.26 bits per heavy atom. The molecule has 1 aromatic carbocycles. The van der Waals surface area contributed by atoms with Crippen molar-refractivity contribution in [1.29, 1.82) is 0 Å². The highest BCUT2D eigenvalue weighted by atomic mass is 19.1. The van der Waals surface area contributed by atoms with Crippen molar-refractivity contribution >= 4 is 0 Å². The highest BCUT2D eigenvalue weighted by Crippen LogP contribution is 2.26. The summed E-state index contributed by atoms with van der Waals surface area (Å²) in [4.78, 5) is 0. The van der Waals surface area contributed by atoms with Gasteiger partial charge in [-0.3, -0.25) is 0 Å². The van der Waals surface area contributed by atoms with Crippen molar-refractivity contribution in [3.63, 3.8) is 0 Å². The van der Waals surface area contributed by atoms with Crippen LogP contribution in [0.4, 0.5) is 4.39 Å². The lowest BCUT2D eigenvalue weighted by molar-refractivity contribution is 0.208. The van der Waals surface area contributed by atoms with E-state index in [1.807, 2.05) is 0 Å². The van der Waals surface area contributed by atoms with Gasteiger partial charge in [0.2, 0.25) is 0 Å². The van der Waals surface area contributed by atoms with Gasteiger partial charge in [-0.1, -0.05) is 31.1 Å². The summed E-state index contributed by atoms with van der Waals surface area (Å²) >= 11 is 0. The fraction of sp³-hybridized carbons (Fsp3) is 0.500. The van der Waals surface area contributed by atoms with Crippen molar-refractivity contribution in [3.05, 3.63) is 29.6 Å². The number of nitrogens with two attached hydrogens (primary N) is 1. The molecule has 1 fully saturated rings. The predicted octanol–water partition coefficient (Wildman–Crippen LogP) is 3.10. The minimum Gasteiger partial charge on any atom is -0.492 e. The van der Waals surface area contributed by atoms with Crippen LogP contribution < -0.4 is 10.5 Å². The average molecular weight is 261 g/mol. The molecular weight excluding hydrogens is 241 g/mol. The molecule has 0 amide bonds. The van der Waals surface area contributed by atoms with E-state index in [0.717, 1.165) is 0 Å². The molecule has 2 rings (SSSR count). The number of benzene rings is 1. The highest BCUT2D eigenvalue weighted by Gasteiger charge is 2.14. The van der Waals surface area contributed by atoms with E-state index in [1.54, 1.807) is 6.07 Å². The number of halogens is 1. The fourth-order valence-corrected chi connectivity index (χ4v) is 2.43. The number of hydrogen-bond acceptors (Lipinski definition) is 2. The summed E-state index contributed by atoms with van der Waals surface area (Å²) in [6, 6.07) is 4.45. The van der Waals surface area contributed by atoms with E-state index in [-0.39, 0.29) is 5.82 Å². The Balaban J connectivity index is 2.02. The van der Waals surface area contributed by atoms with Gasteiger partial charge in [0.1, 0.15) is 11.6 Å². The molecule has 102 valence electrons. The minimum atomic E-state index is -0.294. The summed E-state index contributed by atoms with van der Waals surface area (Å²) in [7, 11) is 0. The van der Waals surface area contributed by atoms with Gasteiger partial charge in [-0.2, -0.15) is 0 Å². The fourth-order valence-electron chi connectivity index (χ4n) is 2.43. The van der Waals surface area contributed by atoms with Crippen LogP contribution in [0, 0.1) is 23.6 Å². The second kappa shape index (κ2) is 7.16. The molecular formula is C16H20FNO. The van der Waals surface area contributed by atoms with Crippen LogP contribution >= 0.6 is 0 Å². The molecule has 1 saturated carbocycles. The van der Waals surface area contributed by atoms with Crippen LogP contribution in [0.2, 0.25) is 0 Å². The molecule has 3 heteroatoms. The van der Waals surface area contributed by atoms with Crippen LogP contribution in [-0.2, 0) is 0 Å². The van der Waals surface area contributed by atoms with E-state index >= 15 is 0 Å². The lowest BCUT2D eigenvalue weighted by Gasteiger charge is -2.22. The SMILES string of the molecule is NCC#Cc1ccc(F)cc1OCC1CCCCC1. The summed E-state index contributed by atoms with van der Waals surface area (Å²) in [5, 5.41) is 0. The first-order valence-electron chi connectivity index (χ1n) is 6.91. The second-order valence-corrected chi connectivity index (χ2v) is 4.96. The molecule has 1 aliphatic carbocycles. The zero-order valence-electron chi connectivity index (χ0n) is 11.1.